The summed E-state index contributed by atoms with van der Waals surface area (Å²) in [4.78, 5) is 0. The van der Waals surface area contributed by atoms with Gasteiger partial charge in [-0.25, -0.2) is 0 Å². The highest BCUT2D eigenvalue weighted by molar-refractivity contribution is 4.91. The van der Waals surface area contributed by atoms with E-state index in [0.717, 1.165) is 31.5 Å². The molecular formula is C13H25NO. The Morgan fingerprint density at radius 1 is 1.40 bits per heavy atom. The predicted octanol–water partition coefficient (Wildman–Crippen LogP) is 2.44. The van der Waals surface area contributed by atoms with E-state index in [9.17, 15) is 0 Å². The topological polar surface area (TPSA) is 21.3 Å². The Bertz CT molecular complexity index is 217. The Morgan fingerprint density at radius 3 is 2.93 bits per heavy atom. The zero-order chi connectivity index (χ0) is 10.9. The smallest absolute Gasteiger partial charge is 0.0727 e. The fourth-order valence-corrected chi connectivity index (χ4v) is 2.97. The molecular weight excluding hydrogens is 186 g/mol. The standard InChI is InChI=1S/C13H25NO/c1-10(2)13(3)7-11-5-4-6-15-12(11)8-14-9-13/h10-12,14H,4-9H2,1-3H3. The molecule has 2 fully saturated rings. The van der Waals surface area contributed by atoms with Crippen LogP contribution in [0.15, 0.2) is 0 Å². The average Bonchev–Trinajstić information content (AvgIpc) is 2.36. The van der Waals surface area contributed by atoms with Crippen molar-refractivity contribution >= 4 is 0 Å². The van der Waals surface area contributed by atoms with Crippen molar-refractivity contribution in [3.63, 3.8) is 0 Å². The summed E-state index contributed by atoms with van der Waals surface area (Å²) in [7, 11) is 0. The van der Waals surface area contributed by atoms with Gasteiger partial charge in [-0.3, -0.25) is 0 Å². The van der Waals surface area contributed by atoms with Crippen LogP contribution in [0.25, 0.3) is 0 Å². The lowest BCUT2D eigenvalue weighted by Crippen LogP contribution is -2.35. The molecule has 0 saturated carbocycles. The van der Waals surface area contributed by atoms with Crippen molar-refractivity contribution in [2.45, 2.75) is 46.1 Å². The second kappa shape index (κ2) is 4.42. The van der Waals surface area contributed by atoms with E-state index in [1.807, 2.05) is 0 Å². The van der Waals surface area contributed by atoms with Crippen LogP contribution in [-0.4, -0.2) is 25.8 Å². The van der Waals surface area contributed by atoms with Crippen LogP contribution >= 0.6 is 0 Å². The summed E-state index contributed by atoms with van der Waals surface area (Å²) in [6.45, 7) is 10.3. The highest BCUT2D eigenvalue weighted by atomic mass is 16.5. The summed E-state index contributed by atoms with van der Waals surface area (Å²) in [5, 5.41) is 3.59. The molecule has 0 aliphatic carbocycles. The lowest BCUT2D eigenvalue weighted by molar-refractivity contribution is -0.0308. The lowest BCUT2D eigenvalue weighted by Gasteiger charge is -2.37. The molecule has 3 atom stereocenters. The normalized spacial score (nSPS) is 42.4. The molecule has 0 aromatic heterocycles. The molecule has 2 saturated heterocycles. The molecule has 88 valence electrons. The van der Waals surface area contributed by atoms with E-state index >= 15 is 0 Å². The monoisotopic (exact) mass is 211 g/mol. The van der Waals surface area contributed by atoms with E-state index in [1.165, 1.54) is 19.3 Å². The van der Waals surface area contributed by atoms with Crippen LogP contribution < -0.4 is 5.32 Å². The van der Waals surface area contributed by atoms with Gasteiger partial charge in [-0.2, -0.15) is 0 Å². The first-order chi connectivity index (χ1) is 7.12. The first-order valence-electron chi connectivity index (χ1n) is 6.44. The fraction of sp³-hybridized carbons (Fsp3) is 1.00. The minimum atomic E-state index is 0.458. The van der Waals surface area contributed by atoms with Crippen LogP contribution in [-0.2, 0) is 4.74 Å². The molecule has 15 heavy (non-hydrogen) atoms. The quantitative estimate of drug-likeness (QED) is 0.719. The van der Waals surface area contributed by atoms with Gasteiger partial charge in [0.2, 0.25) is 0 Å². The molecule has 0 aromatic carbocycles. The van der Waals surface area contributed by atoms with Gasteiger partial charge in [-0.05, 0) is 36.5 Å². The van der Waals surface area contributed by atoms with Crippen LogP contribution in [0, 0.1) is 17.3 Å². The zero-order valence-corrected chi connectivity index (χ0v) is 10.4. The van der Waals surface area contributed by atoms with Gasteiger partial charge in [0.25, 0.3) is 0 Å². The molecule has 2 nitrogen and oxygen atoms in total. The molecule has 2 aliphatic heterocycles. The molecule has 0 aromatic rings. The summed E-state index contributed by atoms with van der Waals surface area (Å²) in [5.41, 5.74) is 0.458. The number of fused-ring (bicyclic) bond motifs is 1. The Labute approximate surface area is 93.8 Å². The van der Waals surface area contributed by atoms with Crippen molar-refractivity contribution in [1.29, 1.82) is 0 Å². The van der Waals surface area contributed by atoms with E-state index in [0.29, 0.717) is 11.5 Å². The van der Waals surface area contributed by atoms with Gasteiger partial charge in [0.05, 0.1) is 6.10 Å². The van der Waals surface area contributed by atoms with Gasteiger partial charge < -0.3 is 10.1 Å². The Morgan fingerprint density at radius 2 is 2.20 bits per heavy atom. The predicted molar refractivity (Wildman–Crippen MR) is 62.9 cm³/mol. The van der Waals surface area contributed by atoms with Crippen LogP contribution in [0.5, 0.6) is 0 Å². The molecule has 2 heterocycles. The van der Waals surface area contributed by atoms with E-state index in [2.05, 4.69) is 26.1 Å². The molecule has 0 amide bonds. The largest absolute Gasteiger partial charge is 0.377 e. The molecule has 3 unspecified atom stereocenters. The first kappa shape index (κ1) is 11.4. The zero-order valence-electron chi connectivity index (χ0n) is 10.4. The molecule has 2 aliphatic rings. The van der Waals surface area contributed by atoms with Crippen molar-refractivity contribution in [1.82, 2.24) is 5.32 Å². The third-order valence-corrected chi connectivity index (χ3v) is 4.57. The van der Waals surface area contributed by atoms with E-state index < -0.39 is 0 Å². The van der Waals surface area contributed by atoms with E-state index in [4.69, 9.17) is 4.74 Å². The Hall–Kier alpha value is -0.0800. The molecule has 0 radical (unpaired) electrons. The Balaban J connectivity index is 2.07. The van der Waals surface area contributed by atoms with Gasteiger partial charge >= 0.3 is 0 Å². The van der Waals surface area contributed by atoms with Gasteiger partial charge in [0.15, 0.2) is 0 Å². The maximum Gasteiger partial charge on any atom is 0.0727 e. The second-order valence-corrected chi connectivity index (χ2v) is 5.96. The summed E-state index contributed by atoms with van der Waals surface area (Å²) < 4.78 is 5.87. The summed E-state index contributed by atoms with van der Waals surface area (Å²) in [6.07, 6.45) is 4.45. The number of hydrogen-bond donors (Lipinski definition) is 1. The van der Waals surface area contributed by atoms with E-state index in [-0.39, 0.29) is 0 Å². The van der Waals surface area contributed by atoms with Crippen LogP contribution in [0.2, 0.25) is 0 Å². The minimum absolute atomic E-state index is 0.458. The lowest BCUT2D eigenvalue weighted by atomic mass is 9.71. The summed E-state index contributed by atoms with van der Waals surface area (Å²) in [6, 6.07) is 0. The highest BCUT2D eigenvalue weighted by Crippen LogP contribution is 2.39. The highest BCUT2D eigenvalue weighted by Gasteiger charge is 2.38. The minimum Gasteiger partial charge on any atom is -0.377 e. The van der Waals surface area contributed by atoms with Gasteiger partial charge in [-0.15, -0.1) is 0 Å². The van der Waals surface area contributed by atoms with Crippen LogP contribution in [0.3, 0.4) is 0 Å². The van der Waals surface area contributed by atoms with Crippen molar-refractivity contribution < 1.29 is 4.74 Å². The SMILES string of the molecule is CC(C)C1(C)CNCC2OCCCC2C1. The summed E-state index contributed by atoms with van der Waals surface area (Å²) >= 11 is 0. The number of nitrogens with one attached hydrogen (secondary N) is 1. The first-order valence-corrected chi connectivity index (χ1v) is 6.44. The van der Waals surface area contributed by atoms with Crippen molar-refractivity contribution in [2.24, 2.45) is 17.3 Å². The van der Waals surface area contributed by atoms with Crippen molar-refractivity contribution in [3.05, 3.63) is 0 Å². The van der Waals surface area contributed by atoms with Crippen molar-refractivity contribution in [2.75, 3.05) is 19.7 Å². The third-order valence-electron chi connectivity index (χ3n) is 4.57. The van der Waals surface area contributed by atoms with E-state index in [1.54, 1.807) is 0 Å². The van der Waals surface area contributed by atoms with Gasteiger partial charge in [-0.1, -0.05) is 20.8 Å². The van der Waals surface area contributed by atoms with Crippen molar-refractivity contribution in [3.8, 4) is 0 Å². The third kappa shape index (κ3) is 2.36. The maximum absolute atomic E-state index is 5.87. The van der Waals surface area contributed by atoms with Crippen LogP contribution in [0.1, 0.15) is 40.0 Å². The fourth-order valence-electron chi connectivity index (χ4n) is 2.97. The molecule has 2 rings (SSSR count). The molecule has 0 bridgehead atoms. The number of hydrogen-bond acceptors (Lipinski definition) is 2. The number of rotatable bonds is 1. The van der Waals surface area contributed by atoms with Crippen LogP contribution in [0.4, 0.5) is 0 Å². The molecule has 1 N–H and O–H groups in total. The van der Waals surface area contributed by atoms with Gasteiger partial charge in [0, 0.05) is 19.7 Å². The molecule has 2 heteroatoms. The molecule has 0 spiro atoms. The number of ether oxygens (including phenoxy) is 1. The van der Waals surface area contributed by atoms with Gasteiger partial charge in [0.1, 0.15) is 0 Å². The Kier molecular flexibility index (Phi) is 3.36. The second-order valence-electron chi connectivity index (χ2n) is 5.96. The maximum atomic E-state index is 5.87. The average molecular weight is 211 g/mol. The summed E-state index contributed by atoms with van der Waals surface area (Å²) in [5.74, 6) is 1.55.